The SMILES string of the molecule is O=C1CC(C(=O)N2CCCC(c3ccn[nH]3)C2)c2ccccc2N1. The topological polar surface area (TPSA) is 78.1 Å². The van der Waals surface area contributed by atoms with Crippen molar-refractivity contribution in [2.45, 2.75) is 31.1 Å². The molecule has 2 atom stereocenters. The molecule has 1 aromatic heterocycles. The minimum Gasteiger partial charge on any atom is -0.341 e. The fourth-order valence-electron chi connectivity index (χ4n) is 3.78. The maximum Gasteiger partial charge on any atom is 0.230 e. The number of hydrogen-bond acceptors (Lipinski definition) is 3. The third kappa shape index (κ3) is 2.68. The number of H-pyrrole nitrogens is 1. The van der Waals surface area contributed by atoms with Gasteiger partial charge in [-0.2, -0.15) is 5.10 Å². The summed E-state index contributed by atoms with van der Waals surface area (Å²) in [4.78, 5) is 27.0. The first-order chi connectivity index (χ1) is 11.7. The number of nitrogens with zero attached hydrogens (tertiary/aromatic N) is 2. The van der Waals surface area contributed by atoms with Gasteiger partial charge in [-0.25, -0.2) is 0 Å². The highest BCUT2D eigenvalue weighted by Gasteiger charge is 2.35. The summed E-state index contributed by atoms with van der Waals surface area (Å²) in [6.45, 7) is 1.44. The zero-order chi connectivity index (χ0) is 16.5. The van der Waals surface area contributed by atoms with Gasteiger partial charge in [-0.1, -0.05) is 18.2 Å². The third-order valence-electron chi connectivity index (χ3n) is 4.99. The number of para-hydroxylation sites is 1. The van der Waals surface area contributed by atoms with Crippen molar-refractivity contribution in [3.05, 3.63) is 47.8 Å². The number of likely N-dealkylation sites (tertiary alicyclic amines) is 1. The first-order valence-corrected chi connectivity index (χ1v) is 8.39. The van der Waals surface area contributed by atoms with Crippen molar-refractivity contribution in [1.82, 2.24) is 15.1 Å². The molecule has 6 nitrogen and oxygen atoms in total. The van der Waals surface area contributed by atoms with Gasteiger partial charge >= 0.3 is 0 Å². The van der Waals surface area contributed by atoms with E-state index in [0.29, 0.717) is 6.54 Å². The zero-order valence-corrected chi connectivity index (χ0v) is 13.4. The first kappa shape index (κ1) is 14.9. The Morgan fingerprint density at radius 2 is 2.12 bits per heavy atom. The van der Waals surface area contributed by atoms with Crippen LogP contribution in [-0.4, -0.2) is 40.0 Å². The summed E-state index contributed by atoms with van der Waals surface area (Å²) >= 11 is 0. The minimum absolute atomic E-state index is 0.0570. The van der Waals surface area contributed by atoms with Crippen molar-refractivity contribution in [2.75, 3.05) is 18.4 Å². The average molecular weight is 324 g/mol. The molecule has 1 saturated heterocycles. The number of aromatic amines is 1. The van der Waals surface area contributed by atoms with Crippen molar-refractivity contribution >= 4 is 17.5 Å². The van der Waals surface area contributed by atoms with Crippen molar-refractivity contribution in [3.63, 3.8) is 0 Å². The molecule has 2 amide bonds. The normalized spacial score (nSPS) is 23.5. The second-order valence-electron chi connectivity index (χ2n) is 6.53. The van der Waals surface area contributed by atoms with Crippen LogP contribution in [0.25, 0.3) is 0 Å². The highest BCUT2D eigenvalue weighted by Crippen LogP contribution is 2.35. The lowest BCUT2D eigenvalue weighted by atomic mass is 9.87. The largest absolute Gasteiger partial charge is 0.341 e. The second-order valence-corrected chi connectivity index (χ2v) is 6.53. The molecule has 2 aliphatic rings. The molecule has 2 unspecified atom stereocenters. The van der Waals surface area contributed by atoms with E-state index >= 15 is 0 Å². The van der Waals surface area contributed by atoms with Crippen LogP contribution in [0.1, 0.15) is 42.4 Å². The van der Waals surface area contributed by atoms with Gasteiger partial charge in [0.1, 0.15) is 0 Å². The Morgan fingerprint density at radius 3 is 2.96 bits per heavy atom. The van der Waals surface area contributed by atoms with E-state index in [9.17, 15) is 9.59 Å². The van der Waals surface area contributed by atoms with Crippen LogP contribution >= 0.6 is 0 Å². The number of fused-ring (bicyclic) bond motifs is 1. The van der Waals surface area contributed by atoms with E-state index in [1.54, 1.807) is 6.20 Å². The number of hydrogen-bond donors (Lipinski definition) is 2. The summed E-state index contributed by atoms with van der Waals surface area (Å²) in [5, 5.41) is 9.89. The Balaban J connectivity index is 1.56. The number of aromatic nitrogens is 2. The van der Waals surface area contributed by atoms with E-state index in [4.69, 9.17) is 0 Å². The molecular formula is C18H20N4O2. The molecule has 2 N–H and O–H groups in total. The van der Waals surface area contributed by atoms with E-state index in [0.717, 1.165) is 36.3 Å². The van der Waals surface area contributed by atoms with Gasteiger partial charge in [-0.3, -0.25) is 14.7 Å². The molecule has 24 heavy (non-hydrogen) atoms. The van der Waals surface area contributed by atoms with Gasteiger partial charge in [0, 0.05) is 43.0 Å². The van der Waals surface area contributed by atoms with Crippen molar-refractivity contribution in [1.29, 1.82) is 0 Å². The molecule has 1 fully saturated rings. The van der Waals surface area contributed by atoms with Crippen LogP contribution < -0.4 is 5.32 Å². The van der Waals surface area contributed by atoms with Crippen molar-refractivity contribution < 1.29 is 9.59 Å². The molecule has 6 heteroatoms. The van der Waals surface area contributed by atoms with Crippen LogP contribution in [0, 0.1) is 0 Å². The molecule has 124 valence electrons. The van der Waals surface area contributed by atoms with Gasteiger partial charge < -0.3 is 10.2 Å². The molecule has 0 spiro atoms. The van der Waals surface area contributed by atoms with Gasteiger partial charge in [0.25, 0.3) is 0 Å². The molecule has 2 aromatic rings. The lowest BCUT2D eigenvalue weighted by Crippen LogP contribution is -2.43. The summed E-state index contributed by atoms with van der Waals surface area (Å²) in [5.74, 6) is -0.121. The number of piperidine rings is 1. The quantitative estimate of drug-likeness (QED) is 0.889. The summed E-state index contributed by atoms with van der Waals surface area (Å²) in [6, 6.07) is 9.56. The van der Waals surface area contributed by atoms with Crippen LogP contribution in [-0.2, 0) is 9.59 Å². The van der Waals surface area contributed by atoms with Crippen LogP contribution in [0.4, 0.5) is 5.69 Å². The molecule has 0 aliphatic carbocycles. The van der Waals surface area contributed by atoms with E-state index in [-0.39, 0.29) is 30.1 Å². The number of anilines is 1. The monoisotopic (exact) mass is 324 g/mol. The molecule has 2 aliphatic heterocycles. The van der Waals surface area contributed by atoms with Gasteiger partial charge in [0.15, 0.2) is 0 Å². The van der Waals surface area contributed by atoms with Crippen LogP contribution in [0.5, 0.6) is 0 Å². The summed E-state index contributed by atoms with van der Waals surface area (Å²) in [7, 11) is 0. The summed E-state index contributed by atoms with van der Waals surface area (Å²) in [6.07, 6.45) is 3.99. The van der Waals surface area contributed by atoms with Crippen LogP contribution in [0.2, 0.25) is 0 Å². The lowest BCUT2D eigenvalue weighted by Gasteiger charge is -2.36. The highest BCUT2D eigenvalue weighted by molar-refractivity contribution is 6.01. The number of rotatable bonds is 2. The molecule has 0 radical (unpaired) electrons. The van der Waals surface area contributed by atoms with E-state index in [2.05, 4.69) is 15.5 Å². The number of amides is 2. The van der Waals surface area contributed by atoms with E-state index in [1.165, 1.54) is 0 Å². The van der Waals surface area contributed by atoms with Gasteiger partial charge in [-0.15, -0.1) is 0 Å². The zero-order valence-electron chi connectivity index (χ0n) is 13.4. The Kier molecular flexibility index (Phi) is 3.80. The Hall–Kier alpha value is -2.63. The lowest BCUT2D eigenvalue weighted by molar-refractivity contribution is -0.136. The predicted molar refractivity (Wildman–Crippen MR) is 89.6 cm³/mol. The first-order valence-electron chi connectivity index (χ1n) is 8.39. The number of benzene rings is 1. The molecule has 1 aromatic carbocycles. The highest BCUT2D eigenvalue weighted by atomic mass is 16.2. The van der Waals surface area contributed by atoms with Crippen LogP contribution in [0.15, 0.2) is 36.5 Å². The molecule has 0 saturated carbocycles. The fraction of sp³-hybridized carbons (Fsp3) is 0.389. The summed E-state index contributed by atoms with van der Waals surface area (Å²) < 4.78 is 0. The van der Waals surface area contributed by atoms with Crippen LogP contribution in [0.3, 0.4) is 0 Å². The Bertz CT molecular complexity index is 756. The van der Waals surface area contributed by atoms with E-state index in [1.807, 2.05) is 35.2 Å². The molecule has 0 bridgehead atoms. The maximum atomic E-state index is 13.1. The Labute approximate surface area is 140 Å². The van der Waals surface area contributed by atoms with Gasteiger partial charge in [0.05, 0.1) is 5.92 Å². The standard InChI is InChI=1S/C18H20N4O2/c23-17-10-14(13-5-1-2-6-16(13)20-17)18(24)22-9-3-4-12(11-22)15-7-8-19-21-15/h1-2,5-8,12,14H,3-4,9-11H2,(H,19,21)(H,20,23). The van der Waals surface area contributed by atoms with Crippen molar-refractivity contribution in [3.8, 4) is 0 Å². The predicted octanol–water partition coefficient (Wildman–Crippen LogP) is 2.24. The van der Waals surface area contributed by atoms with E-state index < -0.39 is 0 Å². The smallest absolute Gasteiger partial charge is 0.230 e. The third-order valence-corrected chi connectivity index (χ3v) is 4.99. The maximum absolute atomic E-state index is 13.1. The molecular weight excluding hydrogens is 304 g/mol. The molecule has 4 rings (SSSR count). The van der Waals surface area contributed by atoms with Crippen molar-refractivity contribution in [2.24, 2.45) is 0 Å². The Morgan fingerprint density at radius 1 is 1.25 bits per heavy atom. The second kappa shape index (κ2) is 6.11. The van der Waals surface area contributed by atoms with Gasteiger partial charge in [-0.05, 0) is 30.5 Å². The number of nitrogens with one attached hydrogen (secondary N) is 2. The summed E-state index contributed by atoms with van der Waals surface area (Å²) in [5.41, 5.74) is 2.76. The average Bonchev–Trinajstić information content (AvgIpc) is 3.15. The number of carbonyl (C=O) groups is 2. The minimum atomic E-state index is -0.379. The number of carbonyl (C=O) groups excluding carboxylic acids is 2. The fourth-order valence-corrected chi connectivity index (χ4v) is 3.78. The molecule has 3 heterocycles. The van der Waals surface area contributed by atoms with Gasteiger partial charge in [0.2, 0.25) is 11.8 Å².